The molecule has 1 fully saturated rings. The van der Waals surface area contributed by atoms with Crippen molar-refractivity contribution in [2.75, 3.05) is 45.3 Å². The Hall–Kier alpha value is -4.41. The number of fused-ring (bicyclic) bond motifs is 1. The van der Waals surface area contributed by atoms with E-state index in [0.717, 1.165) is 18.5 Å². The largest absolute Gasteiger partial charge is 0.487 e. The summed E-state index contributed by atoms with van der Waals surface area (Å²) in [5, 5.41) is 9.52. The standard InChI is InChI=1S/C29H31N5O5/c1-3-37-12-13-38-25-16-24-21(9-11-34(24)29(36)30-2)14-26(25)39-23-8-10-32-27(15-23)33-28(35)20-6-4-19(5-7-20)22-17-31-18-22/h4-11,14-16,22,31H,3,12-13,17-18H2,1-2H3,(H,30,36)(H,32,33,35). The zero-order chi connectivity index (χ0) is 27.2. The molecule has 0 aliphatic carbocycles. The van der Waals surface area contributed by atoms with Crippen LogP contribution in [0.5, 0.6) is 17.2 Å². The highest BCUT2D eigenvalue weighted by molar-refractivity contribution is 6.03. The molecule has 0 atom stereocenters. The molecule has 2 amide bonds. The topological polar surface area (TPSA) is 116 Å². The molecule has 0 bridgehead atoms. The summed E-state index contributed by atoms with van der Waals surface area (Å²) in [4.78, 5) is 29.4. The molecule has 1 saturated heterocycles. The number of rotatable bonds is 10. The third-order valence-corrected chi connectivity index (χ3v) is 6.50. The molecule has 2 aromatic carbocycles. The van der Waals surface area contributed by atoms with Crippen molar-refractivity contribution in [3.05, 3.63) is 78.1 Å². The lowest BCUT2D eigenvalue weighted by atomic mass is 9.93. The van der Waals surface area contributed by atoms with E-state index >= 15 is 0 Å². The second-order valence-corrected chi connectivity index (χ2v) is 9.05. The van der Waals surface area contributed by atoms with Gasteiger partial charge in [-0.2, -0.15) is 0 Å². The van der Waals surface area contributed by atoms with Gasteiger partial charge in [-0.3, -0.25) is 9.36 Å². The van der Waals surface area contributed by atoms with E-state index in [1.807, 2.05) is 43.3 Å². The Labute approximate surface area is 226 Å². The Morgan fingerprint density at radius 3 is 2.59 bits per heavy atom. The first kappa shape index (κ1) is 26.2. The lowest BCUT2D eigenvalue weighted by Crippen LogP contribution is -2.39. The average molecular weight is 530 g/mol. The lowest BCUT2D eigenvalue weighted by Gasteiger charge is -2.27. The normalized spacial score (nSPS) is 13.1. The number of ether oxygens (including phenoxy) is 3. The third-order valence-electron chi connectivity index (χ3n) is 6.50. The summed E-state index contributed by atoms with van der Waals surface area (Å²) in [5.41, 5.74) is 2.45. The van der Waals surface area contributed by atoms with Crippen LogP contribution in [0.25, 0.3) is 10.9 Å². The van der Waals surface area contributed by atoms with Crippen molar-refractivity contribution in [1.82, 2.24) is 20.2 Å². The van der Waals surface area contributed by atoms with E-state index in [4.69, 9.17) is 14.2 Å². The molecule has 4 aromatic rings. The van der Waals surface area contributed by atoms with Crippen molar-refractivity contribution in [2.24, 2.45) is 0 Å². The number of pyridine rings is 1. The Balaban J connectivity index is 1.34. The van der Waals surface area contributed by atoms with Crippen LogP contribution in [0.4, 0.5) is 10.6 Å². The zero-order valence-corrected chi connectivity index (χ0v) is 21.9. The van der Waals surface area contributed by atoms with Gasteiger partial charge in [-0.05, 0) is 42.8 Å². The summed E-state index contributed by atoms with van der Waals surface area (Å²) in [6, 6.07) is 16.1. The molecule has 5 rings (SSSR count). The van der Waals surface area contributed by atoms with Gasteiger partial charge in [-0.15, -0.1) is 0 Å². The van der Waals surface area contributed by atoms with E-state index < -0.39 is 0 Å². The van der Waals surface area contributed by atoms with Crippen LogP contribution in [0.15, 0.2) is 67.0 Å². The highest BCUT2D eigenvalue weighted by Crippen LogP contribution is 2.36. The number of hydrogen-bond donors (Lipinski definition) is 3. The fourth-order valence-electron chi connectivity index (χ4n) is 4.28. The van der Waals surface area contributed by atoms with Gasteiger partial charge in [-0.1, -0.05) is 12.1 Å². The summed E-state index contributed by atoms with van der Waals surface area (Å²) in [6.45, 7) is 5.15. The summed E-state index contributed by atoms with van der Waals surface area (Å²) in [7, 11) is 1.58. The van der Waals surface area contributed by atoms with Crippen molar-refractivity contribution in [2.45, 2.75) is 12.8 Å². The number of carbonyl (C=O) groups excluding carboxylic acids is 2. The van der Waals surface area contributed by atoms with Crippen LogP contribution in [0.1, 0.15) is 28.8 Å². The highest BCUT2D eigenvalue weighted by Gasteiger charge is 2.19. The van der Waals surface area contributed by atoms with Crippen molar-refractivity contribution in [1.29, 1.82) is 0 Å². The predicted octanol–water partition coefficient (Wildman–Crippen LogP) is 4.37. The first-order chi connectivity index (χ1) is 19.1. The van der Waals surface area contributed by atoms with Gasteiger partial charge in [0.15, 0.2) is 11.5 Å². The maximum absolute atomic E-state index is 12.8. The third kappa shape index (κ3) is 6.02. The number of carbonyl (C=O) groups is 2. The number of anilines is 1. The molecule has 2 aromatic heterocycles. The van der Waals surface area contributed by atoms with Gasteiger partial charge < -0.3 is 30.2 Å². The molecule has 10 heteroatoms. The fraction of sp³-hybridized carbons (Fsp3) is 0.276. The van der Waals surface area contributed by atoms with E-state index in [1.165, 1.54) is 10.1 Å². The Kier molecular flexibility index (Phi) is 8.04. The van der Waals surface area contributed by atoms with E-state index in [1.54, 1.807) is 37.6 Å². The van der Waals surface area contributed by atoms with E-state index in [2.05, 4.69) is 20.9 Å². The van der Waals surface area contributed by atoms with Gasteiger partial charge >= 0.3 is 6.03 Å². The quantitative estimate of drug-likeness (QED) is 0.261. The molecular formula is C29H31N5O5. The maximum Gasteiger partial charge on any atom is 0.325 e. The van der Waals surface area contributed by atoms with Crippen LogP contribution in [0.3, 0.4) is 0 Å². The Morgan fingerprint density at radius 2 is 1.87 bits per heavy atom. The number of nitrogens with zero attached hydrogens (tertiary/aromatic N) is 2. The van der Waals surface area contributed by atoms with Crippen LogP contribution < -0.4 is 25.4 Å². The maximum atomic E-state index is 12.8. The van der Waals surface area contributed by atoms with Gasteiger partial charge in [0.2, 0.25) is 0 Å². The summed E-state index contributed by atoms with van der Waals surface area (Å²) in [5.74, 6) is 1.98. The first-order valence-electron chi connectivity index (χ1n) is 12.9. The molecule has 202 valence electrons. The molecule has 0 spiro atoms. The summed E-state index contributed by atoms with van der Waals surface area (Å²) < 4.78 is 19.0. The second kappa shape index (κ2) is 12.0. The van der Waals surface area contributed by atoms with Crippen LogP contribution in [-0.4, -0.2) is 61.4 Å². The number of aromatic nitrogens is 2. The highest BCUT2D eigenvalue weighted by atomic mass is 16.5. The minimum Gasteiger partial charge on any atom is -0.487 e. The molecule has 39 heavy (non-hydrogen) atoms. The average Bonchev–Trinajstić information content (AvgIpc) is 3.33. The van der Waals surface area contributed by atoms with Gasteiger partial charge in [-0.25, -0.2) is 9.78 Å². The van der Waals surface area contributed by atoms with E-state index in [-0.39, 0.29) is 11.9 Å². The number of benzene rings is 2. The Bertz CT molecular complexity index is 1460. The second-order valence-electron chi connectivity index (χ2n) is 9.05. The van der Waals surface area contributed by atoms with Gasteiger partial charge in [0.25, 0.3) is 5.91 Å². The van der Waals surface area contributed by atoms with Crippen molar-refractivity contribution >= 4 is 28.7 Å². The molecule has 1 aliphatic rings. The van der Waals surface area contributed by atoms with E-state index in [9.17, 15) is 9.59 Å². The van der Waals surface area contributed by atoms with Crippen LogP contribution in [-0.2, 0) is 4.74 Å². The van der Waals surface area contributed by atoms with Gasteiger partial charge in [0.1, 0.15) is 18.2 Å². The smallest absolute Gasteiger partial charge is 0.325 e. The Morgan fingerprint density at radius 1 is 1.05 bits per heavy atom. The van der Waals surface area contributed by atoms with Crippen molar-refractivity contribution in [3.8, 4) is 17.2 Å². The lowest BCUT2D eigenvalue weighted by molar-refractivity contribution is 0.102. The number of nitrogens with one attached hydrogen (secondary N) is 3. The molecule has 3 N–H and O–H groups in total. The molecule has 0 radical (unpaired) electrons. The minimum atomic E-state index is -0.261. The molecular weight excluding hydrogens is 498 g/mol. The van der Waals surface area contributed by atoms with E-state index in [0.29, 0.717) is 59.9 Å². The zero-order valence-electron chi connectivity index (χ0n) is 21.9. The van der Waals surface area contributed by atoms with Crippen molar-refractivity contribution < 1.29 is 23.8 Å². The molecule has 3 heterocycles. The van der Waals surface area contributed by atoms with Crippen LogP contribution in [0, 0.1) is 0 Å². The monoisotopic (exact) mass is 529 g/mol. The fourth-order valence-corrected chi connectivity index (χ4v) is 4.28. The number of amides is 2. The summed E-state index contributed by atoms with van der Waals surface area (Å²) >= 11 is 0. The molecule has 0 unspecified atom stereocenters. The first-order valence-corrected chi connectivity index (χ1v) is 12.9. The van der Waals surface area contributed by atoms with Crippen molar-refractivity contribution in [3.63, 3.8) is 0 Å². The van der Waals surface area contributed by atoms with Gasteiger partial charge in [0.05, 0.1) is 12.1 Å². The molecule has 0 saturated carbocycles. The van der Waals surface area contributed by atoms with Crippen LogP contribution >= 0.6 is 0 Å². The molecule has 1 aliphatic heterocycles. The predicted molar refractivity (Wildman–Crippen MR) is 148 cm³/mol. The summed E-state index contributed by atoms with van der Waals surface area (Å²) in [6.07, 6.45) is 3.25. The molecule has 10 nitrogen and oxygen atoms in total. The van der Waals surface area contributed by atoms with Gasteiger partial charge in [0, 0.05) is 68.1 Å². The number of hydrogen-bond acceptors (Lipinski definition) is 7. The van der Waals surface area contributed by atoms with Crippen LogP contribution in [0.2, 0.25) is 0 Å². The minimum absolute atomic E-state index is 0.255. The SMILES string of the molecule is CCOCCOc1cc2c(ccn2C(=O)NC)cc1Oc1ccnc(NC(=O)c2ccc(C3CNC3)cc2)c1.